The van der Waals surface area contributed by atoms with Crippen LogP contribution in [0.2, 0.25) is 0 Å². The zero-order valence-corrected chi connectivity index (χ0v) is 23.8. The largest absolute Gasteiger partial charge is 0.448 e. The lowest BCUT2D eigenvalue weighted by Gasteiger charge is -2.41. The minimum atomic E-state index is -0.416. The molecule has 6 rings (SSSR count). The van der Waals surface area contributed by atoms with Crippen LogP contribution in [0.4, 0.5) is 11.4 Å². The molecular formula is C32H38N6O4. The molecule has 10 heteroatoms. The summed E-state index contributed by atoms with van der Waals surface area (Å²) in [6.45, 7) is 3.29. The number of oxazole rings is 1. The molecule has 42 heavy (non-hydrogen) atoms. The molecule has 3 fully saturated rings. The van der Waals surface area contributed by atoms with Gasteiger partial charge in [-0.05, 0) is 62.3 Å². The number of nitrogens with two attached hydrogens (primary N) is 1. The molecule has 2 saturated heterocycles. The van der Waals surface area contributed by atoms with Crippen molar-refractivity contribution in [1.82, 2.24) is 15.2 Å². The Labute approximate surface area is 245 Å². The van der Waals surface area contributed by atoms with E-state index < -0.39 is 5.54 Å². The van der Waals surface area contributed by atoms with E-state index in [9.17, 15) is 14.4 Å². The number of anilines is 2. The summed E-state index contributed by atoms with van der Waals surface area (Å²) in [7, 11) is 0. The number of hydrogen-bond acceptors (Lipinski definition) is 7. The van der Waals surface area contributed by atoms with Gasteiger partial charge in [0.2, 0.25) is 5.91 Å². The van der Waals surface area contributed by atoms with Gasteiger partial charge in [0.15, 0.2) is 11.6 Å². The Balaban J connectivity index is 1.16. The highest BCUT2D eigenvalue weighted by atomic mass is 16.3. The lowest BCUT2D eigenvalue weighted by Crippen LogP contribution is -2.48. The normalized spacial score (nSPS) is 18.3. The van der Waals surface area contributed by atoms with Crippen molar-refractivity contribution in [2.45, 2.75) is 56.4 Å². The first-order chi connectivity index (χ1) is 20.4. The first-order valence-corrected chi connectivity index (χ1v) is 15.0. The van der Waals surface area contributed by atoms with Gasteiger partial charge in [-0.25, -0.2) is 4.98 Å². The highest BCUT2D eigenvalue weighted by Gasteiger charge is 2.34. The minimum Gasteiger partial charge on any atom is -0.448 e. The lowest BCUT2D eigenvalue weighted by molar-refractivity contribution is -0.127. The summed E-state index contributed by atoms with van der Waals surface area (Å²) in [5.41, 5.74) is 9.56. The molecule has 0 radical (unpaired) electrons. The molecule has 2 aromatic carbocycles. The van der Waals surface area contributed by atoms with Crippen molar-refractivity contribution in [3.05, 3.63) is 77.5 Å². The third-order valence-corrected chi connectivity index (χ3v) is 8.59. The van der Waals surface area contributed by atoms with Gasteiger partial charge in [0.25, 0.3) is 11.8 Å². The third-order valence-electron chi connectivity index (χ3n) is 8.59. The number of likely N-dealkylation sites (tertiary alicyclic amines) is 1. The van der Waals surface area contributed by atoms with Crippen LogP contribution in [-0.2, 0) is 10.3 Å². The van der Waals surface area contributed by atoms with Crippen molar-refractivity contribution in [2.75, 3.05) is 42.9 Å². The van der Waals surface area contributed by atoms with Crippen molar-refractivity contribution in [2.24, 2.45) is 5.73 Å². The first kappa shape index (κ1) is 28.0. The molecule has 0 bridgehead atoms. The predicted molar refractivity (Wildman–Crippen MR) is 159 cm³/mol. The fourth-order valence-electron chi connectivity index (χ4n) is 5.87. The maximum Gasteiger partial charge on any atom is 0.277 e. The SMILES string of the molecule is NC1(c2ccccc2)CCN(c2ccc(C(=O)NCCCN3CCCC3=O)cc2NC(=O)c2coc(C3CC3)n2)CC1. The maximum absolute atomic E-state index is 13.2. The zero-order chi connectivity index (χ0) is 29.1. The zero-order valence-electron chi connectivity index (χ0n) is 23.8. The maximum atomic E-state index is 13.2. The summed E-state index contributed by atoms with van der Waals surface area (Å²) in [6, 6.07) is 15.6. The highest BCUT2D eigenvalue weighted by molar-refractivity contribution is 6.06. The molecule has 1 aliphatic carbocycles. The number of carbonyl (C=O) groups is 3. The number of hydrogen-bond donors (Lipinski definition) is 3. The van der Waals surface area contributed by atoms with Gasteiger partial charge < -0.3 is 30.6 Å². The van der Waals surface area contributed by atoms with Crippen LogP contribution >= 0.6 is 0 Å². The average Bonchev–Trinajstić information content (AvgIpc) is 3.59. The van der Waals surface area contributed by atoms with Crippen LogP contribution in [0.1, 0.15) is 83.2 Å². The molecule has 0 spiro atoms. The molecule has 0 atom stereocenters. The van der Waals surface area contributed by atoms with Crippen LogP contribution in [0.3, 0.4) is 0 Å². The van der Waals surface area contributed by atoms with E-state index in [-0.39, 0.29) is 23.4 Å². The molecule has 0 unspecified atom stereocenters. The monoisotopic (exact) mass is 570 g/mol. The fourth-order valence-corrected chi connectivity index (χ4v) is 5.87. The van der Waals surface area contributed by atoms with E-state index >= 15 is 0 Å². The van der Waals surface area contributed by atoms with Crippen molar-refractivity contribution in [3.63, 3.8) is 0 Å². The molecular weight excluding hydrogens is 532 g/mol. The second-order valence-corrected chi connectivity index (χ2v) is 11.6. The Kier molecular flexibility index (Phi) is 7.97. The summed E-state index contributed by atoms with van der Waals surface area (Å²) in [4.78, 5) is 46.6. The summed E-state index contributed by atoms with van der Waals surface area (Å²) in [6.07, 6.45) is 7.14. The van der Waals surface area contributed by atoms with Gasteiger partial charge in [0, 0.05) is 56.2 Å². The van der Waals surface area contributed by atoms with Gasteiger partial charge in [-0.1, -0.05) is 30.3 Å². The second kappa shape index (κ2) is 12.0. The van der Waals surface area contributed by atoms with E-state index in [0.717, 1.165) is 49.9 Å². The topological polar surface area (TPSA) is 134 Å². The lowest BCUT2D eigenvalue weighted by atomic mass is 9.82. The van der Waals surface area contributed by atoms with Gasteiger partial charge in [0.1, 0.15) is 6.26 Å². The first-order valence-electron chi connectivity index (χ1n) is 15.0. The quantitative estimate of drug-likeness (QED) is 0.314. The highest BCUT2D eigenvalue weighted by Crippen LogP contribution is 2.39. The minimum absolute atomic E-state index is 0.182. The van der Waals surface area contributed by atoms with E-state index in [1.54, 1.807) is 12.1 Å². The number of carbonyl (C=O) groups excluding carboxylic acids is 3. The Bertz CT molecular complexity index is 1440. The molecule has 1 aromatic heterocycles. The number of nitrogens with zero attached hydrogens (tertiary/aromatic N) is 3. The Morgan fingerprint density at radius 3 is 2.55 bits per heavy atom. The van der Waals surface area contributed by atoms with Crippen molar-refractivity contribution in [1.29, 1.82) is 0 Å². The number of amides is 3. The second-order valence-electron chi connectivity index (χ2n) is 11.6. The number of nitrogens with one attached hydrogen (secondary N) is 2. The summed E-state index contributed by atoms with van der Waals surface area (Å²) in [5, 5.41) is 5.95. The summed E-state index contributed by atoms with van der Waals surface area (Å²) in [5.74, 6) is 0.467. The molecule has 3 aromatic rings. The van der Waals surface area contributed by atoms with Crippen LogP contribution in [0.5, 0.6) is 0 Å². The number of piperidine rings is 1. The number of benzene rings is 2. The van der Waals surface area contributed by atoms with E-state index in [4.69, 9.17) is 10.2 Å². The summed E-state index contributed by atoms with van der Waals surface area (Å²) >= 11 is 0. The molecule has 3 heterocycles. The van der Waals surface area contributed by atoms with Gasteiger partial charge in [-0.3, -0.25) is 14.4 Å². The molecule has 4 N–H and O–H groups in total. The standard InChI is InChI=1S/C32H38N6O4/c33-32(24-6-2-1-3-7-24)13-18-37(19-14-32)27-12-11-23(29(40)34-15-5-17-38-16-4-8-28(38)39)20-25(27)35-30(41)26-21-42-31(36-26)22-9-10-22/h1-3,6-7,11-12,20-22H,4-5,8-10,13-19,33H2,(H,34,40)(H,35,41). The average molecular weight is 571 g/mol. The fraction of sp³-hybridized carbons (Fsp3) is 0.438. The number of aromatic nitrogens is 1. The van der Waals surface area contributed by atoms with Gasteiger partial charge >= 0.3 is 0 Å². The van der Waals surface area contributed by atoms with Crippen LogP contribution in [-0.4, -0.2) is 60.3 Å². The van der Waals surface area contributed by atoms with E-state index in [2.05, 4.69) is 32.7 Å². The molecule has 1 saturated carbocycles. The van der Waals surface area contributed by atoms with E-state index in [1.807, 2.05) is 29.2 Å². The van der Waals surface area contributed by atoms with Crippen LogP contribution in [0, 0.1) is 0 Å². The Morgan fingerprint density at radius 2 is 1.83 bits per heavy atom. The van der Waals surface area contributed by atoms with Crippen LogP contribution < -0.4 is 21.3 Å². The smallest absolute Gasteiger partial charge is 0.277 e. The Morgan fingerprint density at radius 1 is 1.05 bits per heavy atom. The summed E-state index contributed by atoms with van der Waals surface area (Å²) < 4.78 is 5.53. The van der Waals surface area contributed by atoms with Gasteiger partial charge in [0.05, 0.1) is 11.4 Å². The Hall–Kier alpha value is -4.18. The van der Waals surface area contributed by atoms with Crippen molar-refractivity contribution < 1.29 is 18.8 Å². The van der Waals surface area contributed by atoms with Crippen LogP contribution in [0.25, 0.3) is 0 Å². The number of rotatable bonds is 10. The molecule has 3 aliphatic rings. The van der Waals surface area contributed by atoms with Gasteiger partial charge in [-0.2, -0.15) is 0 Å². The molecule has 2 aliphatic heterocycles. The van der Waals surface area contributed by atoms with Crippen molar-refractivity contribution >= 4 is 29.1 Å². The predicted octanol–water partition coefficient (Wildman–Crippen LogP) is 4.00. The van der Waals surface area contributed by atoms with Crippen LogP contribution in [0.15, 0.2) is 59.2 Å². The molecule has 10 nitrogen and oxygen atoms in total. The molecule has 220 valence electrons. The van der Waals surface area contributed by atoms with Gasteiger partial charge in [-0.15, -0.1) is 0 Å². The third kappa shape index (κ3) is 6.18. The van der Waals surface area contributed by atoms with Crippen molar-refractivity contribution in [3.8, 4) is 0 Å². The van der Waals surface area contributed by atoms with E-state index in [1.165, 1.54) is 6.26 Å². The van der Waals surface area contributed by atoms with E-state index in [0.29, 0.717) is 62.1 Å². The molecule has 3 amide bonds.